The lowest BCUT2D eigenvalue weighted by atomic mass is 10.2. The van der Waals surface area contributed by atoms with Crippen LogP contribution in [0.3, 0.4) is 0 Å². The number of thiophene rings is 1. The van der Waals surface area contributed by atoms with Gasteiger partial charge in [-0.25, -0.2) is 14.4 Å². The SMILES string of the molecule is COC(=O)c1sc(C(=O)/C=C/N(C)C)cc1N(C(=O)OC(C)(C)C)C(=O)OC(C)(C)C. The predicted octanol–water partition coefficient (Wildman–Crippen LogP) is 4.47. The number of hydrogen-bond donors (Lipinski definition) is 0. The molecule has 0 bridgehead atoms. The van der Waals surface area contributed by atoms with E-state index in [-0.39, 0.29) is 15.4 Å². The Morgan fingerprint density at radius 2 is 1.42 bits per heavy atom. The molecule has 1 heterocycles. The van der Waals surface area contributed by atoms with Crippen molar-refractivity contribution in [2.45, 2.75) is 52.7 Å². The summed E-state index contributed by atoms with van der Waals surface area (Å²) in [5.74, 6) is -1.23. The summed E-state index contributed by atoms with van der Waals surface area (Å²) in [6.07, 6.45) is 0.751. The molecule has 0 aliphatic rings. The van der Waals surface area contributed by atoms with E-state index in [1.165, 1.54) is 12.1 Å². The van der Waals surface area contributed by atoms with Gasteiger partial charge in [-0.1, -0.05) is 0 Å². The lowest BCUT2D eigenvalue weighted by Gasteiger charge is -2.28. The van der Waals surface area contributed by atoms with Gasteiger partial charge in [-0.15, -0.1) is 11.3 Å². The fourth-order valence-electron chi connectivity index (χ4n) is 2.09. The number of ketones is 1. The van der Waals surface area contributed by atoms with Gasteiger partial charge in [0.2, 0.25) is 0 Å². The van der Waals surface area contributed by atoms with Crippen LogP contribution in [0.25, 0.3) is 0 Å². The molecule has 0 spiro atoms. The minimum Gasteiger partial charge on any atom is -0.465 e. The first-order valence-corrected chi connectivity index (χ1v) is 10.2. The first-order valence-electron chi connectivity index (χ1n) is 9.43. The molecule has 10 heteroatoms. The minimum atomic E-state index is -1.05. The Hall–Kier alpha value is -2.88. The van der Waals surface area contributed by atoms with Crippen molar-refractivity contribution < 1.29 is 33.4 Å². The molecule has 0 atom stereocenters. The Bertz CT molecular complexity index is 845. The summed E-state index contributed by atoms with van der Waals surface area (Å²) in [6.45, 7) is 9.80. The van der Waals surface area contributed by atoms with Crippen LogP contribution in [0.5, 0.6) is 0 Å². The van der Waals surface area contributed by atoms with Crippen LogP contribution in [-0.2, 0) is 14.2 Å². The van der Waals surface area contributed by atoms with Crippen LogP contribution in [0.15, 0.2) is 18.3 Å². The maximum Gasteiger partial charge on any atom is 0.424 e. The third-order valence-corrected chi connectivity index (χ3v) is 4.36. The summed E-state index contributed by atoms with van der Waals surface area (Å²) in [4.78, 5) is 53.0. The summed E-state index contributed by atoms with van der Waals surface area (Å²) < 4.78 is 15.5. The van der Waals surface area contributed by atoms with E-state index in [2.05, 4.69) is 0 Å². The largest absolute Gasteiger partial charge is 0.465 e. The monoisotopic (exact) mass is 454 g/mol. The van der Waals surface area contributed by atoms with Crippen LogP contribution < -0.4 is 4.90 Å². The number of amides is 2. The normalized spacial score (nSPS) is 11.8. The highest BCUT2D eigenvalue weighted by Gasteiger charge is 2.37. The first-order chi connectivity index (χ1) is 14.1. The van der Waals surface area contributed by atoms with Crippen molar-refractivity contribution >= 4 is 41.0 Å². The summed E-state index contributed by atoms with van der Waals surface area (Å²) >= 11 is 0.800. The van der Waals surface area contributed by atoms with Gasteiger partial charge >= 0.3 is 18.2 Å². The molecule has 2 amide bonds. The van der Waals surface area contributed by atoms with E-state index >= 15 is 0 Å². The molecule has 0 saturated heterocycles. The van der Waals surface area contributed by atoms with E-state index in [1.54, 1.807) is 66.7 Å². The van der Waals surface area contributed by atoms with Gasteiger partial charge in [-0.05, 0) is 47.6 Å². The molecule has 0 N–H and O–H groups in total. The highest BCUT2D eigenvalue weighted by molar-refractivity contribution is 7.16. The molecule has 0 radical (unpaired) electrons. The Kier molecular flexibility index (Phi) is 8.40. The van der Waals surface area contributed by atoms with E-state index in [0.717, 1.165) is 18.4 Å². The number of rotatable bonds is 5. The molecular weight excluding hydrogens is 424 g/mol. The fraction of sp³-hybridized carbons (Fsp3) is 0.524. The third-order valence-electron chi connectivity index (χ3n) is 3.24. The van der Waals surface area contributed by atoms with Crippen molar-refractivity contribution in [3.05, 3.63) is 28.1 Å². The van der Waals surface area contributed by atoms with Crippen LogP contribution in [0.2, 0.25) is 0 Å². The Balaban J connectivity index is 3.59. The number of imide groups is 1. The molecular formula is C21H30N2O7S. The zero-order valence-electron chi connectivity index (χ0n) is 19.4. The number of allylic oxidation sites excluding steroid dienone is 1. The molecule has 1 aromatic rings. The third kappa shape index (κ3) is 8.05. The lowest BCUT2D eigenvalue weighted by Crippen LogP contribution is -2.44. The molecule has 9 nitrogen and oxygen atoms in total. The van der Waals surface area contributed by atoms with Crippen molar-refractivity contribution in [1.82, 2.24) is 4.90 Å². The Morgan fingerprint density at radius 1 is 0.935 bits per heavy atom. The molecule has 1 rings (SSSR count). The van der Waals surface area contributed by atoms with E-state index in [9.17, 15) is 19.2 Å². The van der Waals surface area contributed by atoms with E-state index in [0.29, 0.717) is 4.90 Å². The van der Waals surface area contributed by atoms with Gasteiger partial charge in [0, 0.05) is 26.4 Å². The highest BCUT2D eigenvalue weighted by atomic mass is 32.1. The lowest BCUT2D eigenvalue weighted by molar-refractivity contribution is 0.0430. The number of carbonyl (C=O) groups is 4. The fourth-order valence-corrected chi connectivity index (χ4v) is 3.07. The smallest absolute Gasteiger partial charge is 0.424 e. The maximum absolute atomic E-state index is 12.9. The molecule has 0 saturated carbocycles. The average Bonchev–Trinajstić information content (AvgIpc) is 3.00. The molecule has 172 valence electrons. The van der Waals surface area contributed by atoms with Gasteiger partial charge in [0.1, 0.15) is 16.1 Å². The van der Waals surface area contributed by atoms with Crippen molar-refractivity contribution in [3.8, 4) is 0 Å². The van der Waals surface area contributed by atoms with Crippen LogP contribution in [-0.4, -0.2) is 61.2 Å². The maximum atomic E-state index is 12.9. The zero-order chi connectivity index (χ0) is 24.1. The molecule has 0 aromatic carbocycles. The Morgan fingerprint density at radius 3 is 1.81 bits per heavy atom. The highest BCUT2D eigenvalue weighted by Crippen LogP contribution is 2.34. The van der Waals surface area contributed by atoms with Crippen LogP contribution in [0.1, 0.15) is 60.9 Å². The number of ether oxygens (including phenoxy) is 3. The zero-order valence-corrected chi connectivity index (χ0v) is 20.2. The second-order valence-electron chi connectivity index (χ2n) is 8.76. The van der Waals surface area contributed by atoms with E-state index < -0.39 is 35.1 Å². The molecule has 0 unspecified atom stereocenters. The van der Waals surface area contributed by atoms with Gasteiger partial charge in [0.25, 0.3) is 0 Å². The van der Waals surface area contributed by atoms with Gasteiger partial charge in [0.05, 0.1) is 17.7 Å². The molecule has 0 fully saturated rings. The number of nitrogens with zero attached hydrogens (tertiary/aromatic N) is 2. The summed E-state index contributed by atoms with van der Waals surface area (Å²) in [5.41, 5.74) is -2.00. The second-order valence-corrected chi connectivity index (χ2v) is 9.81. The topological polar surface area (TPSA) is 102 Å². The molecule has 0 aliphatic carbocycles. The quantitative estimate of drug-likeness (QED) is 0.278. The van der Waals surface area contributed by atoms with Crippen molar-refractivity contribution in [2.24, 2.45) is 0 Å². The predicted molar refractivity (Wildman–Crippen MR) is 118 cm³/mol. The second kappa shape index (κ2) is 9.95. The van der Waals surface area contributed by atoms with Gasteiger partial charge < -0.3 is 19.1 Å². The van der Waals surface area contributed by atoms with Crippen molar-refractivity contribution in [3.63, 3.8) is 0 Å². The van der Waals surface area contributed by atoms with Crippen molar-refractivity contribution in [1.29, 1.82) is 0 Å². The van der Waals surface area contributed by atoms with Crippen LogP contribution >= 0.6 is 11.3 Å². The summed E-state index contributed by atoms with van der Waals surface area (Å²) in [6, 6.07) is 1.27. The standard InChI is InChI=1S/C21H30N2O7S/c1-20(2,3)29-18(26)23(19(27)30-21(4,5)6)13-12-15(14(24)10-11-22(7)8)31-16(13)17(25)28-9/h10-12H,1-9H3/b11-10+. The minimum absolute atomic E-state index is 0.110. The average molecular weight is 455 g/mol. The van der Waals surface area contributed by atoms with Crippen LogP contribution in [0.4, 0.5) is 15.3 Å². The van der Waals surface area contributed by atoms with Crippen molar-refractivity contribution in [2.75, 3.05) is 26.1 Å². The molecule has 0 aliphatic heterocycles. The summed E-state index contributed by atoms with van der Waals surface area (Å²) in [5, 5.41) is 0. The summed E-state index contributed by atoms with van der Waals surface area (Å²) in [7, 11) is 4.65. The van der Waals surface area contributed by atoms with Crippen LogP contribution in [0, 0.1) is 0 Å². The molecule has 31 heavy (non-hydrogen) atoms. The van der Waals surface area contributed by atoms with E-state index in [4.69, 9.17) is 14.2 Å². The number of esters is 1. The van der Waals surface area contributed by atoms with Gasteiger partial charge in [0.15, 0.2) is 5.78 Å². The number of anilines is 1. The number of carbonyl (C=O) groups excluding carboxylic acids is 4. The number of hydrogen-bond acceptors (Lipinski definition) is 9. The first kappa shape index (κ1) is 26.2. The van der Waals surface area contributed by atoms with Gasteiger partial charge in [-0.3, -0.25) is 4.79 Å². The van der Waals surface area contributed by atoms with Gasteiger partial charge in [-0.2, -0.15) is 4.90 Å². The Labute approximate surface area is 186 Å². The molecule has 1 aromatic heterocycles. The van der Waals surface area contributed by atoms with E-state index in [1.807, 2.05) is 0 Å². The number of methoxy groups -OCH3 is 1.